The van der Waals surface area contributed by atoms with E-state index in [2.05, 4.69) is 37.3 Å². The zero-order chi connectivity index (χ0) is 21.7. The van der Waals surface area contributed by atoms with Crippen LogP contribution in [0.3, 0.4) is 0 Å². The molecule has 2 heteroatoms. The Bertz CT molecular complexity index is 670. The monoisotopic (exact) mass is 421 g/mol. The van der Waals surface area contributed by atoms with Gasteiger partial charge in [0.05, 0.1) is 12.2 Å². The zero-order valence-electron chi connectivity index (χ0n) is 19.7. The van der Waals surface area contributed by atoms with E-state index in [0.29, 0.717) is 6.10 Å². The molecular formula is C29H43NO. The van der Waals surface area contributed by atoms with Crippen molar-refractivity contribution in [1.82, 2.24) is 0 Å². The van der Waals surface area contributed by atoms with Crippen molar-refractivity contribution < 1.29 is 4.74 Å². The molecule has 0 atom stereocenters. The van der Waals surface area contributed by atoms with Gasteiger partial charge in [0, 0.05) is 12.7 Å². The summed E-state index contributed by atoms with van der Waals surface area (Å²) >= 11 is 0. The maximum Gasteiger partial charge on any atom is 0.0908 e. The van der Waals surface area contributed by atoms with Crippen molar-refractivity contribution in [2.45, 2.75) is 109 Å². The van der Waals surface area contributed by atoms with E-state index in [1.54, 1.807) is 11.6 Å². The van der Waals surface area contributed by atoms with Crippen LogP contribution in [-0.2, 0) is 11.2 Å². The molecule has 1 aromatic rings. The summed E-state index contributed by atoms with van der Waals surface area (Å²) in [5.41, 5.74) is 3.04. The lowest BCUT2D eigenvalue weighted by atomic mass is 9.80. The molecule has 0 radical (unpaired) electrons. The van der Waals surface area contributed by atoms with Crippen LogP contribution >= 0.6 is 0 Å². The number of ether oxygens (including phenoxy) is 1. The lowest BCUT2D eigenvalue weighted by Crippen LogP contribution is -2.25. The molecule has 0 heterocycles. The second kappa shape index (κ2) is 13.7. The highest BCUT2D eigenvalue weighted by molar-refractivity contribution is 5.26. The lowest BCUT2D eigenvalue weighted by Gasteiger charge is -2.32. The molecule has 0 spiro atoms. The first-order valence-corrected chi connectivity index (χ1v) is 13.0. The fourth-order valence-electron chi connectivity index (χ4n) is 5.53. The Morgan fingerprint density at radius 3 is 2.32 bits per heavy atom. The van der Waals surface area contributed by atoms with Crippen molar-refractivity contribution in [3.8, 4) is 6.07 Å². The fourth-order valence-corrected chi connectivity index (χ4v) is 5.53. The smallest absolute Gasteiger partial charge is 0.0908 e. The van der Waals surface area contributed by atoms with E-state index in [1.807, 2.05) is 6.08 Å². The standard InChI is InChI=1S/C29H43NO/c1-2-3-5-8-25-14-16-27(17-15-25)28-18-20-29(21-19-28)31-23-26-12-10-24(11-13-26)9-6-4-7-22-30/h4,7,14-17,24,26,28-29H,2-3,5-6,8-13,18-21,23H2,1H3. The number of benzene rings is 1. The number of hydrogen-bond donors (Lipinski definition) is 0. The normalized spacial score (nSPS) is 26.7. The van der Waals surface area contributed by atoms with Crippen molar-refractivity contribution in [2.75, 3.05) is 6.61 Å². The van der Waals surface area contributed by atoms with Gasteiger partial charge in [-0.25, -0.2) is 0 Å². The zero-order valence-corrected chi connectivity index (χ0v) is 19.7. The van der Waals surface area contributed by atoms with Crippen molar-refractivity contribution in [3.05, 3.63) is 47.5 Å². The van der Waals surface area contributed by atoms with Crippen molar-refractivity contribution in [2.24, 2.45) is 11.8 Å². The summed E-state index contributed by atoms with van der Waals surface area (Å²) < 4.78 is 6.38. The van der Waals surface area contributed by atoms with Crippen LogP contribution in [0.25, 0.3) is 0 Å². The molecule has 2 aliphatic rings. The van der Waals surface area contributed by atoms with Crippen LogP contribution in [0, 0.1) is 23.2 Å². The van der Waals surface area contributed by atoms with Gasteiger partial charge in [0.15, 0.2) is 0 Å². The van der Waals surface area contributed by atoms with Crippen molar-refractivity contribution in [3.63, 3.8) is 0 Å². The van der Waals surface area contributed by atoms with Crippen LogP contribution in [0.2, 0.25) is 0 Å². The number of nitriles is 1. The average Bonchev–Trinajstić information content (AvgIpc) is 2.82. The SMILES string of the molecule is CCCCCc1ccc(C2CCC(OCC3CCC(CCC=CC#N)CC3)CC2)cc1. The molecule has 1 aromatic carbocycles. The quantitative estimate of drug-likeness (QED) is 0.267. The first-order chi connectivity index (χ1) is 15.3. The number of allylic oxidation sites excluding steroid dienone is 2. The van der Waals surface area contributed by atoms with Crippen LogP contribution in [-0.4, -0.2) is 12.7 Å². The molecule has 0 N–H and O–H groups in total. The maximum absolute atomic E-state index is 8.57. The molecular weight excluding hydrogens is 378 g/mol. The summed E-state index contributed by atoms with van der Waals surface area (Å²) in [6.45, 7) is 3.25. The van der Waals surface area contributed by atoms with Crippen molar-refractivity contribution >= 4 is 0 Å². The van der Waals surface area contributed by atoms with Gasteiger partial charge >= 0.3 is 0 Å². The Morgan fingerprint density at radius 2 is 1.65 bits per heavy atom. The molecule has 0 aliphatic heterocycles. The molecule has 0 unspecified atom stereocenters. The molecule has 170 valence electrons. The van der Waals surface area contributed by atoms with E-state index < -0.39 is 0 Å². The van der Waals surface area contributed by atoms with E-state index in [4.69, 9.17) is 10.00 Å². The predicted octanol–water partition coefficient (Wildman–Crippen LogP) is 8.13. The average molecular weight is 422 g/mol. The number of hydrogen-bond acceptors (Lipinski definition) is 2. The summed E-state index contributed by atoms with van der Waals surface area (Å²) in [5.74, 6) is 2.35. The van der Waals surface area contributed by atoms with Gasteiger partial charge in [-0.3, -0.25) is 0 Å². The highest BCUT2D eigenvalue weighted by atomic mass is 16.5. The number of aryl methyl sites for hydroxylation is 1. The highest BCUT2D eigenvalue weighted by Gasteiger charge is 2.25. The van der Waals surface area contributed by atoms with Gasteiger partial charge in [-0.15, -0.1) is 0 Å². The number of unbranched alkanes of at least 4 members (excludes halogenated alkanes) is 2. The molecule has 0 aromatic heterocycles. The summed E-state index contributed by atoms with van der Waals surface area (Å²) in [6, 6.07) is 11.6. The maximum atomic E-state index is 8.57. The largest absolute Gasteiger partial charge is 0.378 e. The van der Waals surface area contributed by atoms with Gasteiger partial charge < -0.3 is 4.74 Å². The van der Waals surface area contributed by atoms with Gasteiger partial charge in [0.2, 0.25) is 0 Å². The van der Waals surface area contributed by atoms with Gasteiger partial charge in [0.1, 0.15) is 0 Å². The summed E-state index contributed by atoms with van der Waals surface area (Å²) in [5, 5.41) is 8.57. The Morgan fingerprint density at radius 1 is 0.935 bits per heavy atom. The minimum absolute atomic E-state index is 0.485. The summed E-state index contributed by atoms with van der Waals surface area (Å²) in [4.78, 5) is 0. The van der Waals surface area contributed by atoms with Crippen molar-refractivity contribution in [1.29, 1.82) is 5.26 Å². The number of rotatable bonds is 11. The molecule has 0 amide bonds. The topological polar surface area (TPSA) is 33.0 Å². The number of nitrogens with zero attached hydrogens (tertiary/aromatic N) is 1. The third kappa shape index (κ3) is 8.46. The van der Waals surface area contributed by atoms with Crippen LogP contribution in [0.4, 0.5) is 0 Å². The Labute approximate surface area is 191 Å². The van der Waals surface area contributed by atoms with E-state index in [-0.39, 0.29) is 0 Å². The minimum atomic E-state index is 0.485. The van der Waals surface area contributed by atoms with Crippen LogP contribution in [0.1, 0.15) is 107 Å². The molecule has 0 saturated heterocycles. The minimum Gasteiger partial charge on any atom is -0.378 e. The highest BCUT2D eigenvalue weighted by Crippen LogP contribution is 2.36. The molecule has 0 bridgehead atoms. The van der Waals surface area contributed by atoms with Crippen LogP contribution in [0.5, 0.6) is 0 Å². The summed E-state index contributed by atoms with van der Waals surface area (Å²) in [6.07, 6.45) is 22.0. The van der Waals surface area contributed by atoms with Crippen LogP contribution in [0.15, 0.2) is 36.4 Å². The fraction of sp³-hybridized carbons (Fsp3) is 0.690. The molecule has 3 rings (SSSR count). The molecule has 2 aliphatic carbocycles. The Hall–Kier alpha value is -1.59. The van der Waals surface area contributed by atoms with E-state index in [9.17, 15) is 0 Å². The van der Waals surface area contributed by atoms with Gasteiger partial charge in [0.25, 0.3) is 0 Å². The van der Waals surface area contributed by atoms with Gasteiger partial charge in [-0.1, -0.05) is 62.9 Å². The molecule has 2 nitrogen and oxygen atoms in total. The third-order valence-corrected chi connectivity index (χ3v) is 7.66. The van der Waals surface area contributed by atoms with E-state index >= 15 is 0 Å². The predicted molar refractivity (Wildman–Crippen MR) is 130 cm³/mol. The lowest BCUT2D eigenvalue weighted by molar-refractivity contribution is -0.00474. The third-order valence-electron chi connectivity index (χ3n) is 7.66. The van der Waals surface area contributed by atoms with E-state index in [0.717, 1.165) is 30.8 Å². The second-order valence-electron chi connectivity index (χ2n) is 10.0. The van der Waals surface area contributed by atoms with Gasteiger partial charge in [-0.2, -0.15) is 5.26 Å². The van der Waals surface area contributed by atoms with Crippen LogP contribution < -0.4 is 0 Å². The van der Waals surface area contributed by atoms with Gasteiger partial charge in [-0.05, 0) is 93.1 Å². The first-order valence-electron chi connectivity index (χ1n) is 13.0. The molecule has 2 saturated carbocycles. The Balaban J connectivity index is 1.29. The molecule has 31 heavy (non-hydrogen) atoms. The second-order valence-corrected chi connectivity index (χ2v) is 10.0. The summed E-state index contributed by atoms with van der Waals surface area (Å²) in [7, 11) is 0. The first kappa shape index (κ1) is 24.1. The molecule has 2 fully saturated rings. The Kier molecular flexibility index (Phi) is 10.7. The van der Waals surface area contributed by atoms with E-state index in [1.165, 1.54) is 89.0 Å².